The van der Waals surface area contributed by atoms with Crippen LogP contribution in [0.4, 0.5) is 5.69 Å². The van der Waals surface area contributed by atoms with E-state index < -0.39 is 11.9 Å². The van der Waals surface area contributed by atoms with Crippen molar-refractivity contribution >= 4 is 46.3 Å². The fourth-order valence-corrected chi connectivity index (χ4v) is 4.03. The number of para-hydroxylation sites is 2. The molecule has 3 aromatic carbocycles. The molecule has 8 nitrogen and oxygen atoms in total. The van der Waals surface area contributed by atoms with Crippen molar-refractivity contribution in [3.63, 3.8) is 0 Å². The molecule has 2 amide bonds. The van der Waals surface area contributed by atoms with Crippen LogP contribution in [0.25, 0.3) is 11.1 Å². The second-order valence-corrected chi connectivity index (χ2v) is 8.11. The fourth-order valence-electron chi connectivity index (χ4n) is 3.18. The highest BCUT2D eigenvalue weighted by Gasteiger charge is 2.15. The van der Waals surface area contributed by atoms with E-state index in [0.29, 0.717) is 33.4 Å². The number of nitrogens with one attached hydrogen (secondary N) is 2. The molecule has 0 radical (unpaired) electrons. The largest absolute Gasteiger partial charge is 0.468 e. The first-order valence-electron chi connectivity index (χ1n) is 10.4. The molecule has 0 atom stereocenters. The number of methoxy groups -OCH3 is 1. The predicted molar refractivity (Wildman–Crippen MR) is 129 cm³/mol. The number of nitrogens with zero attached hydrogens (tertiary/aromatic N) is 1. The zero-order valence-electron chi connectivity index (χ0n) is 18.2. The van der Waals surface area contributed by atoms with Crippen LogP contribution in [0.5, 0.6) is 0 Å². The summed E-state index contributed by atoms with van der Waals surface area (Å²) in [6, 6.07) is 21.3. The molecule has 0 aliphatic rings. The normalized spacial score (nSPS) is 10.6. The van der Waals surface area contributed by atoms with Crippen LogP contribution in [0, 0.1) is 0 Å². The Kier molecular flexibility index (Phi) is 7.24. The SMILES string of the molecule is COC(=O)CNC(=O)c1cccc(NC(=O)c2ccccc2CSc2nc3ccccc3o2)c1. The Labute approximate surface area is 199 Å². The summed E-state index contributed by atoms with van der Waals surface area (Å²) >= 11 is 1.40. The second-order valence-electron chi connectivity index (χ2n) is 7.19. The van der Waals surface area contributed by atoms with Crippen molar-refractivity contribution in [2.24, 2.45) is 0 Å². The number of rotatable bonds is 8. The zero-order valence-corrected chi connectivity index (χ0v) is 19.1. The third-order valence-electron chi connectivity index (χ3n) is 4.89. The molecule has 0 bridgehead atoms. The monoisotopic (exact) mass is 475 g/mol. The highest BCUT2D eigenvalue weighted by molar-refractivity contribution is 7.98. The maximum absolute atomic E-state index is 13.0. The number of aromatic nitrogens is 1. The minimum absolute atomic E-state index is 0.239. The summed E-state index contributed by atoms with van der Waals surface area (Å²) < 4.78 is 10.3. The van der Waals surface area contributed by atoms with E-state index in [4.69, 9.17) is 4.42 Å². The summed E-state index contributed by atoms with van der Waals surface area (Å²) in [7, 11) is 1.24. The van der Waals surface area contributed by atoms with Gasteiger partial charge in [0.15, 0.2) is 5.58 Å². The minimum Gasteiger partial charge on any atom is -0.468 e. The molecule has 2 N–H and O–H groups in total. The Morgan fingerprint density at radius 3 is 2.59 bits per heavy atom. The van der Waals surface area contributed by atoms with Crippen molar-refractivity contribution in [3.8, 4) is 0 Å². The van der Waals surface area contributed by atoms with E-state index >= 15 is 0 Å². The van der Waals surface area contributed by atoms with Gasteiger partial charge in [0.25, 0.3) is 17.0 Å². The van der Waals surface area contributed by atoms with Crippen LogP contribution in [0.2, 0.25) is 0 Å². The second kappa shape index (κ2) is 10.7. The highest BCUT2D eigenvalue weighted by atomic mass is 32.2. The van der Waals surface area contributed by atoms with Crippen molar-refractivity contribution in [2.45, 2.75) is 11.0 Å². The first-order valence-corrected chi connectivity index (χ1v) is 11.3. The van der Waals surface area contributed by atoms with Gasteiger partial charge < -0.3 is 19.8 Å². The van der Waals surface area contributed by atoms with Crippen LogP contribution in [0.1, 0.15) is 26.3 Å². The van der Waals surface area contributed by atoms with Gasteiger partial charge in [0.05, 0.1) is 7.11 Å². The Balaban J connectivity index is 1.43. The first kappa shape index (κ1) is 23.1. The van der Waals surface area contributed by atoms with Gasteiger partial charge in [-0.1, -0.05) is 48.2 Å². The molecular weight excluding hydrogens is 454 g/mol. The number of amides is 2. The predicted octanol–water partition coefficient (Wildman–Crippen LogP) is 4.28. The van der Waals surface area contributed by atoms with E-state index in [2.05, 4.69) is 20.4 Å². The Hall–Kier alpha value is -4.11. The maximum Gasteiger partial charge on any atom is 0.325 e. The van der Waals surface area contributed by atoms with E-state index in [9.17, 15) is 14.4 Å². The molecule has 1 aromatic heterocycles. The number of carbonyl (C=O) groups is 3. The lowest BCUT2D eigenvalue weighted by Gasteiger charge is -2.11. The lowest BCUT2D eigenvalue weighted by molar-refractivity contribution is -0.139. The van der Waals surface area contributed by atoms with Gasteiger partial charge in [0.1, 0.15) is 12.1 Å². The van der Waals surface area contributed by atoms with Gasteiger partial charge in [0, 0.05) is 22.6 Å². The Morgan fingerprint density at radius 2 is 1.76 bits per heavy atom. The lowest BCUT2D eigenvalue weighted by atomic mass is 10.1. The van der Waals surface area contributed by atoms with Gasteiger partial charge >= 0.3 is 5.97 Å². The van der Waals surface area contributed by atoms with E-state index in [0.717, 1.165) is 11.1 Å². The third kappa shape index (κ3) is 5.62. The number of carbonyl (C=O) groups excluding carboxylic acids is 3. The van der Waals surface area contributed by atoms with Crippen LogP contribution < -0.4 is 10.6 Å². The molecule has 4 rings (SSSR count). The smallest absolute Gasteiger partial charge is 0.325 e. The minimum atomic E-state index is -0.551. The van der Waals surface area contributed by atoms with Gasteiger partial charge in [-0.25, -0.2) is 4.98 Å². The van der Waals surface area contributed by atoms with E-state index in [1.165, 1.54) is 18.9 Å². The molecule has 0 aliphatic heterocycles. The third-order valence-corrected chi connectivity index (χ3v) is 5.77. The molecule has 1 heterocycles. The maximum atomic E-state index is 13.0. The number of ether oxygens (including phenoxy) is 1. The number of fused-ring (bicyclic) bond motifs is 1. The van der Waals surface area contributed by atoms with Gasteiger partial charge in [-0.2, -0.15) is 0 Å². The van der Waals surface area contributed by atoms with E-state index in [-0.39, 0.29) is 12.5 Å². The number of oxazole rings is 1. The van der Waals surface area contributed by atoms with E-state index in [1.54, 1.807) is 36.4 Å². The van der Waals surface area contributed by atoms with Crippen molar-refractivity contribution in [1.82, 2.24) is 10.3 Å². The molecule has 4 aromatic rings. The number of benzene rings is 3. The number of anilines is 1. The van der Waals surface area contributed by atoms with Crippen molar-refractivity contribution < 1.29 is 23.5 Å². The molecule has 172 valence electrons. The van der Waals surface area contributed by atoms with Gasteiger partial charge in [-0.15, -0.1) is 0 Å². The van der Waals surface area contributed by atoms with Gasteiger partial charge in [0.2, 0.25) is 0 Å². The summed E-state index contributed by atoms with van der Waals surface area (Å²) in [6.07, 6.45) is 0. The molecule has 9 heteroatoms. The molecule has 0 spiro atoms. The summed E-state index contributed by atoms with van der Waals surface area (Å²) in [5.74, 6) is -0.811. The van der Waals surface area contributed by atoms with Crippen LogP contribution in [0.15, 0.2) is 82.4 Å². The first-order chi connectivity index (χ1) is 16.5. The summed E-state index contributed by atoms with van der Waals surface area (Å²) in [5, 5.41) is 5.83. The van der Waals surface area contributed by atoms with Crippen molar-refractivity contribution in [1.29, 1.82) is 0 Å². The average molecular weight is 476 g/mol. The molecule has 0 unspecified atom stereocenters. The van der Waals surface area contributed by atoms with Crippen LogP contribution in [-0.4, -0.2) is 36.4 Å². The molecular formula is C25H21N3O5S. The van der Waals surface area contributed by atoms with Gasteiger partial charge in [-0.05, 0) is 42.0 Å². The van der Waals surface area contributed by atoms with E-state index in [1.807, 2.05) is 36.4 Å². The number of thioether (sulfide) groups is 1. The van der Waals surface area contributed by atoms with Crippen molar-refractivity contribution in [3.05, 3.63) is 89.5 Å². The van der Waals surface area contributed by atoms with Crippen LogP contribution >= 0.6 is 11.8 Å². The summed E-state index contributed by atoms with van der Waals surface area (Å²) in [4.78, 5) is 41.0. The number of hydrogen-bond donors (Lipinski definition) is 2. The zero-order chi connectivity index (χ0) is 23.9. The number of hydrogen-bond acceptors (Lipinski definition) is 7. The number of esters is 1. The lowest BCUT2D eigenvalue weighted by Crippen LogP contribution is -2.30. The summed E-state index contributed by atoms with van der Waals surface area (Å²) in [5.41, 5.74) is 3.59. The molecule has 0 aliphatic carbocycles. The molecule has 0 saturated heterocycles. The Bertz CT molecular complexity index is 1320. The fraction of sp³-hybridized carbons (Fsp3) is 0.120. The standard InChI is InChI=1S/C25H21N3O5S/c1-32-22(29)14-26-23(30)16-8-6-9-18(13-16)27-24(31)19-10-3-2-7-17(19)15-34-25-28-20-11-4-5-12-21(20)33-25/h2-13H,14-15H2,1H3,(H,26,30)(H,27,31). The van der Waals surface area contributed by atoms with Crippen LogP contribution in [0.3, 0.4) is 0 Å². The molecule has 0 saturated carbocycles. The van der Waals surface area contributed by atoms with Crippen LogP contribution in [-0.2, 0) is 15.3 Å². The Morgan fingerprint density at radius 1 is 0.971 bits per heavy atom. The van der Waals surface area contributed by atoms with Crippen molar-refractivity contribution in [2.75, 3.05) is 19.0 Å². The van der Waals surface area contributed by atoms with Gasteiger partial charge in [-0.3, -0.25) is 14.4 Å². The quantitative estimate of drug-likeness (QED) is 0.289. The topological polar surface area (TPSA) is 111 Å². The summed E-state index contributed by atoms with van der Waals surface area (Å²) in [6.45, 7) is -0.239. The molecule has 0 fully saturated rings. The average Bonchev–Trinajstić information content (AvgIpc) is 3.29. The highest BCUT2D eigenvalue weighted by Crippen LogP contribution is 2.27. The molecule has 34 heavy (non-hydrogen) atoms.